The van der Waals surface area contributed by atoms with Crippen LogP contribution in [0.5, 0.6) is 0 Å². The van der Waals surface area contributed by atoms with Crippen molar-refractivity contribution in [3.8, 4) is 0 Å². The fourth-order valence-electron chi connectivity index (χ4n) is 2.81. The second-order valence-corrected chi connectivity index (χ2v) is 10.1. The van der Waals surface area contributed by atoms with Crippen LogP contribution < -0.4 is 29.6 Å². The molecule has 0 fully saturated rings. The largest absolute Gasteiger partial charge is 2.00 e. The predicted octanol–water partition coefficient (Wildman–Crippen LogP) is -0.527. The van der Waals surface area contributed by atoms with Crippen LogP contribution in [0.25, 0.3) is 0 Å². The first-order valence-corrected chi connectivity index (χ1v) is 13.9. The summed E-state index contributed by atoms with van der Waals surface area (Å²) in [4.78, 5) is 24.1. The van der Waals surface area contributed by atoms with Crippen LogP contribution in [0.2, 0.25) is 0 Å². The standard InChI is InChI=1S/C20H38O7S.Na.H2O4S.Zn/c1-5-9-11-16(7-3)14-26-19(21)13-18(28(23,24)25)20(22)27-15-17(8-4)12-10-6-2;;1-5(2,3)4;/h16-18H,5-15H2,1-4H3,(H,23,24,25);;(H2,1,2,3,4);/q;+1;;+2/p-3. The molecule has 0 rings (SSSR count). The third-order valence-corrected chi connectivity index (χ3v) is 6.05. The van der Waals surface area contributed by atoms with Gasteiger partial charge < -0.3 is 23.1 Å². The van der Waals surface area contributed by atoms with Crippen molar-refractivity contribution in [3.05, 3.63) is 0 Å². The van der Waals surface area contributed by atoms with E-state index in [9.17, 15) is 22.6 Å². The molecule has 35 heavy (non-hydrogen) atoms. The Kier molecular flexibility index (Phi) is 28.4. The van der Waals surface area contributed by atoms with Crippen molar-refractivity contribution in [2.45, 2.75) is 90.7 Å². The van der Waals surface area contributed by atoms with Crippen molar-refractivity contribution in [2.24, 2.45) is 11.8 Å². The van der Waals surface area contributed by atoms with Crippen molar-refractivity contribution in [2.75, 3.05) is 13.2 Å². The predicted molar refractivity (Wildman–Crippen MR) is 117 cm³/mol. The van der Waals surface area contributed by atoms with Gasteiger partial charge in [0.25, 0.3) is 0 Å². The van der Waals surface area contributed by atoms with Crippen LogP contribution in [0.4, 0.5) is 0 Å². The summed E-state index contributed by atoms with van der Waals surface area (Å²) in [6, 6.07) is 0. The van der Waals surface area contributed by atoms with Gasteiger partial charge in [-0.3, -0.25) is 18.0 Å². The van der Waals surface area contributed by atoms with Crippen LogP contribution in [-0.4, -0.2) is 60.9 Å². The zero-order valence-electron chi connectivity index (χ0n) is 21.5. The Morgan fingerprint density at radius 1 is 0.771 bits per heavy atom. The summed E-state index contributed by atoms with van der Waals surface area (Å²) >= 11 is 0. The molecule has 198 valence electrons. The van der Waals surface area contributed by atoms with Crippen molar-refractivity contribution in [3.63, 3.8) is 0 Å². The third-order valence-electron chi connectivity index (χ3n) is 4.99. The van der Waals surface area contributed by atoms with E-state index in [-0.39, 0.29) is 74.1 Å². The minimum Gasteiger partial charge on any atom is -0.759 e. The molecule has 0 saturated carbocycles. The topological polar surface area (TPSA) is 190 Å². The van der Waals surface area contributed by atoms with Gasteiger partial charge in [0.2, 0.25) is 0 Å². The molecule has 15 heteroatoms. The van der Waals surface area contributed by atoms with E-state index in [1.807, 2.05) is 13.8 Å². The molecule has 0 bridgehead atoms. The van der Waals surface area contributed by atoms with E-state index in [2.05, 4.69) is 13.8 Å². The van der Waals surface area contributed by atoms with Gasteiger partial charge >= 0.3 is 61.0 Å². The fraction of sp³-hybridized carbons (Fsp3) is 0.900. The third kappa shape index (κ3) is 27.2. The average molecular weight is 606 g/mol. The van der Waals surface area contributed by atoms with Crippen LogP contribution >= 0.6 is 0 Å². The summed E-state index contributed by atoms with van der Waals surface area (Å²) in [5.41, 5.74) is 0. The maximum absolute atomic E-state index is 12.1. The summed E-state index contributed by atoms with van der Waals surface area (Å²) in [5, 5.41) is -2.06. The zero-order chi connectivity index (χ0) is 26.1. The first-order chi connectivity index (χ1) is 15.2. The Labute approximate surface area is 245 Å². The second kappa shape index (κ2) is 23.5. The molecule has 0 radical (unpaired) electrons. The van der Waals surface area contributed by atoms with Crippen LogP contribution in [0.15, 0.2) is 0 Å². The van der Waals surface area contributed by atoms with Crippen LogP contribution in [0.3, 0.4) is 0 Å². The van der Waals surface area contributed by atoms with Crippen molar-refractivity contribution >= 4 is 32.5 Å². The molecule has 0 heterocycles. The van der Waals surface area contributed by atoms with Crippen LogP contribution in [-0.2, 0) is 59.1 Å². The Hall–Kier alpha value is 0.343. The van der Waals surface area contributed by atoms with Gasteiger partial charge in [-0.05, 0) is 24.7 Å². The van der Waals surface area contributed by atoms with E-state index in [1.165, 1.54) is 0 Å². The van der Waals surface area contributed by atoms with E-state index in [1.54, 1.807) is 0 Å². The van der Waals surface area contributed by atoms with Gasteiger partial charge in [0, 0.05) is 10.4 Å². The van der Waals surface area contributed by atoms with E-state index in [0.29, 0.717) is 0 Å². The maximum atomic E-state index is 12.1. The Balaban J connectivity index is -0.000000619. The molecule has 0 amide bonds. The van der Waals surface area contributed by atoms with Gasteiger partial charge in [-0.2, -0.15) is 0 Å². The van der Waals surface area contributed by atoms with Crippen molar-refractivity contribution in [1.29, 1.82) is 0 Å². The first-order valence-electron chi connectivity index (χ1n) is 11.1. The van der Waals surface area contributed by atoms with E-state index < -0.39 is 44.1 Å². The van der Waals surface area contributed by atoms with Gasteiger partial charge in [0.15, 0.2) is 5.25 Å². The molecule has 0 aromatic carbocycles. The number of ether oxygens (including phenoxy) is 2. The molecule has 0 saturated heterocycles. The van der Waals surface area contributed by atoms with Crippen molar-refractivity contribution in [1.82, 2.24) is 0 Å². The first kappa shape index (κ1) is 42.4. The summed E-state index contributed by atoms with van der Waals surface area (Å²) < 4.78 is 78.7. The summed E-state index contributed by atoms with van der Waals surface area (Å²) in [6.07, 6.45) is 6.58. The van der Waals surface area contributed by atoms with E-state index in [4.69, 9.17) is 27.0 Å². The van der Waals surface area contributed by atoms with E-state index >= 15 is 0 Å². The number of carbonyl (C=O) groups excluding carboxylic acids is 2. The van der Waals surface area contributed by atoms with Gasteiger partial charge in [0.1, 0.15) is 10.1 Å². The van der Waals surface area contributed by atoms with E-state index in [0.717, 1.165) is 51.4 Å². The van der Waals surface area contributed by atoms with Crippen LogP contribution in [0, 0.1) is 11.8 Å². The molecule has 11 nitrogen and oxygen atoms in total. The average Bonchev–Trinajstić information content (AvgIpc) is 2.70. The van der Waals surface area contributed by atoms with Gasteiger partial charge in [0.05, 0.1) is 19.6 Å². The number of rotatable bonds is 16. The van der Waals surface area contributed by atoms with Crippen molar-refractivity contribution < 1.29 is 98.6 Å². The molecule has 0 aliphatic heterocycles. The summed E-state index contributed by atoms with van der Waals surface area (Å²) in [6.45, 7) is 8.26. The Bertz CT molecular complexity index is 753. The molecular formula is C20H37NaO11S2Zn. The maximum Gasteiger partial charge on any atom is 2.00 e. The number of carbonyl (C=O) groups is 2. The molecule has 3 unspecified atom stereocenters. The van der Waals surface area contributed by atoms with Gasteiger partial charge in [-0.1, -0.05) is 66.2 Å². The number of unbranched alkanes of at least 4 members (excludes halogenated alkanes) is 2. The number of hydrogen-bond donors (Lipinski definition) is 0. The molecule has 0 aliphatic carbocycles. The Morgan fingerprint density at radius 2 is 1.14 bits per heavy atom. The molecule has 0 N–H and O–H groups in total. The number of hydrogen-bond acceptors (Lipinski definition) is 11. The normalized spacial score (nSPS) is 13.6. The minimum atomic E-state index is -5.17. The molecule has 3 atom stereocenters. The minimum absolute atomic E-state index is 0. The second-order valence-electron chi connectivity index (χ2n) is 7.74. The molecular weight excluding hydrogens is 569 g/mol. The Morgan fingerprint density at radius 3 is 1.46 bits per heavy atom. The SMILES string of the molecule is CCCCC(CC)COC(=O)CC(C(=O)OCC(CC)CCCC)S(=O)(=O)[O-].O=S(=O)([O-])[O-].[Na+].[Zn+2]. The zero-order valence-corrected chi connectivity index (χ0v) is 28.1. The fourth-order valence-corrected chi connectivity index (χ4v) is 3.46. The summed E-state index contributed by atoms with van der Waals surface area (Å²) in [5.74, 6) is -1.74. The smallest absolute Gasteiger partial charge is 0.759 e. The molecule has 0 aromatic heterocycles. The molecule has 0 aliphatic rings. The quantitative estimate of drug-likeness (QED) is 0.0951. The monoisotopic (exact) mass is 604 g/mol. The number of esters is 2. The van der Waals surface area contributed by atoms with Gasteiger partial charge in [-0.25, -0.2) is 8.42 Å². The summed E-state index contributed by atoms with van der Waals surface area (Å²) in [7, 11) is -10.2. The molecule has 0 spiro atoms. The van der Waals surface area contributed by atoms with Crippen LogP contribution in [0.1, 0.15) is 85.5 Å². The van der Waals surface area contributed by atoms with Gasteiger partial charge in [-0.15, -0.1) is 0 Å². The molecule has 0 aromatic rings.